The van der Waals surface area contributed by atoms with Crippen molar-refractivity contribution in [1.82, 2.24) is 0 Å². The molecule has 0 aromatic heterocycles. The van der Waals surface area contributed by atoms with E-state index < -0.39 is 13.8 Å². The van der Waals surface area contributed by atoms with E-state index >= 15 is 0 Å². The van der Waals surface area contributed by atoms with Gasteiger partial charge in [-0.3, -0.25) is 0 Å². The van der Waals surface area contributed by atoms with Crippen LogP contribution in [-0.4, -0.2) is 13.8 Å². The zero-order valence-electron chi connectivity index (χ0n) is 3.26. The van der Waals surface area contributed by atoms with Gasteiger partial charge in [-0.1, -0.05) is 0 Å². The van der Waals surface area contributed by atoms with Crippen LogP contribution in [0.4, 0.5) is 0 Å². The molecule has 0 aromatic carbocycles. The van der Waals surface area contributed by atoms with Crippen LogP contribution >= 0.6 is 0 Å². The van der Waals surface area contributed by atoms with Crippen LogP contribution in [0.3, 0.4) is 0 Å². The summed E-state index contributed by atoms with van der Waals surface area (Å²) in [5.41, 5.74) is 2.50. The van der Waals surface area contributed by atoms with E-state index in [1.165, 1.54) is 11.4 Å². The van der Waals surface area contributed by atoms with Crippen LogP contribution in [0.15, 0.2) is 0 Å². The zero-order valence-corrected chi connectivity index (χ0v) is 5.14. The van der Waals surface area contributed by atoms with Crippen LogP contribution in [0.1, 0.15) is 0 Å². The molecule has 0 aliphatic rings. The second kappa shape index (κ2) is 1.19. The SMILES string of the molecule is C[As](C)(=O)[O-]. The Labute approximate surface area is 33.8 Å². The molecule has 32 valence electrons. The Hall–Kier alpha value is 0.318. The fraction of sp³-hybridized carbons (Fsp3) is 1.00. The first-order chi connectivity index (χ1) is 2.00. The van der Waals surface area contributed by atoms with Crippen molar-refractivity contribution in [2.75, 3.05) is 0 Å². The summed E-state index contributed by atoms with van der Waals surface area (Å²) in [5.74, 6) is 0. The van der Waals surface area contributed by atoms with Gasteiger partial charge in [-0.05, 0) is 0 Å². The molecular weight excluding hydrogens is 131 g/mol. The molecule has 0 bridgehead atoms. The average Bonchev–Trinajstić information content (AvgIpc) is 0.722. The van der Waals surface area contributed by atoms with Gasteiger partial charge in [0.1, 0.15) is 0 Å². The molecule has 0 rings (SSSR count). The van der Waals surface area contributed by atoms with Crippen LogP contribution in [0.2, 0.25) is 11.4 Å². The predicted molar refractivity (Wildman–Crippen MR) is 18.2 cm³/mol. The first kappa shape index (κ1) is 5.32. The summed E-state index contributed by atoms with van der Waals surface area (Å²) in [5, 5.41) is 0. The van der Waals surface area contributed by atoms with E-state index in [4.69, 9.17) is 0 Å². The predicted octanol–water partition coefficient (Wildman–Crippen LogP) is -0.521. The summed E-state index contributed by atoms with van der Waals surface area (Å²) in [6.07, 6.45) is 0. The van der Waals surface area contributed by atoms with Crippen molar-refractivity contribution >= 4 is 13.8 Å². The van der Waals surface area contributed by atoms with Crippen molar-refractivity contribution in [1.29, 1.82) is 0 Å². The Morgan fingerprint density at radius 1 is 1.60 bits per heavy atom. The quantitative estimate of drug-likeness (QED) is 0.421. The maximum absolute atomic E-state index is 9.72. The molecule has 0 radical (unpaired) electrons. The summed E-state index contributed by atoms with van der Waals surface area (Å²) in [6.45, 7) is 0. The van der Waals surface area contributed by atoms with E-state index in [1.54, 1.807) is 0 Å². The molecule has 3 heteroatoms. The second-order valence-electron chi connectivity index (χ2n) is 1.25. The van der Waals surface area contributed by atoms with E-state index in [1.807, 2.05) is 0 Å². The van der Waals surface area contributed by atoms with Crippen LogP contribution < -0.4 is 4.10 Å². The van der Waals surface area contributed by atoms with Gasteiger partial charge in [0.2, 0.25) is 0 Å². The molecule has 0 atom stereocenters. The molecule has 0 saturated carbocycles. The van der Waals surface area contributed by atoms with Gasteiger partial charge >= 0.3 is 33.1 Å². The molecule has 0 heterocycles. The van der Waals surface area contributed by atoms with Gasteiger partial charge in [-0.25, -0.2) is 0 Å². The standard InChI is InChI=1S/C2H7AsO2/c1-3(2,4)5/h1-2H3,(H,4,5)/p-1. The molecule has 0 N–H and O–H groups in total. The monoisotopic (exact) mass is 137 g/mol. The van der Waals surface area contributed by atoms with Gasteiger partial charge in [-0.2, -0.15) is 0 Å². The molecule has 5 heavy (non-hydrogen) atoms. The summed E-state index contributed by atoms with van der Waals surface area (Å²) in [6, 6.07) is 0. The van der Waals surface area contributed by atoms with E-state index in [0.29, 0.717) is 0 Å². The van der Waals surface area contributed by atoms with Crippen molar-refractivity contribution in [3.8, 4) is 0 Å². The minimum atomic E-state index is -3.38. The Balaban J connectivity index is 3.47. The topological polar surface area (TPSA) is 40.1 Å². The molecule has 2 nitrogen and oxygen atoms in total. The average molecular weight is 137 g/mol. The molecule has 0 amide bonds. The van der Waals surface area contributed by atoms with Gasteiger partial charge in [0, 0.05) is 0 Å². The first-order valence-electron chi connectivity index (χ1n) is 1.26. The van der Waals surface area contributed by atoms with Crippen molar-refractivity contribution in [2.45, 2.75) is 11.4 Å². The summed E-state index contributed by atoms with van der Waals surface area (Å²) in [4.78, 5) is 0. The molecule has 0 fully saturated rings. The van der Waals surface area contributed by atoms with Crippen molar-refractivity contribution in [2.24, 2.45) is 0 Å². The summed E-state index contributed by atoms with van der Waals surface area (Å²) >= 11 is -3.38. The number of rotatable bonds is 0. The van der Waals surface area contributed by atoms with Gasteiger partial charge in [0.25, 0.3) is 0 Å². The zero-order chi connectivity index (χ0) is 4.50. The molecule has 0 spiro atoms. The molecule has 0 aliphatic carbocycles. The molecule has 0 aromatic rings. The normalized spacial score (nSPS) is 11.8. The van der Waals surface area contributed by atoms with Crippen LogP contribution in [0, 0.1) is 0 Å². The minimum absolute atomic E-state index is 1.25. The molecule has 0 saturated heterocycles. The van der Waals surface area contributed by atoms with Crippen LogP contribution in [0.25, 0.3) is 0 Å². The van der Waals surface area contributed by atoms with Gasteiger partial charge in [0.05, 0.1) is 0 Å². The molecular formula is C2H6AsO2-. The molecule has 0 aliphatic heterocycles. The van der Waals surface area contributed by atoms with E-state index in [2.05, 4.69) is 0 Å². The number of hydrogen-bond donors (Lipinski definition) is 0. The Kier molecular flexibility index (Phi) is 1.27. The van der Waals surface area contributed by atoms with E-state index in [9.17, 15) is 7.84 Å². The first-order valence-corrected chi connectivity index (χ1v) is 6.54. The third-order valence-corrected chi connectivity index (χ3v) is 0. The number of hydrogen-bond acceptors (Lipinski definition) is 2. The molecule has 0 unspecified atom stereocenters. The summed E-state index contributed by atoms with van der Waals surface area (Å²) < 4.78 is 19.4. The van der Waals surface area contributed by atoms with E-state index in [0.717, 1.165) is 0 Å². The van der Waals surface area contributed by atoms with Gasteiger partial charge < -0.3 is 0 Å². The third kappa shape index (κ3) is 229. The van der Waals surface area contributed by atoms with Gasteiger partial charge in [-0.15, -0.1) is 0 Å². The van der Waals surface area contributed by atoms with Gasteiger partial charge in [0.15, 0.2) is 0 Å². The van der Waals surface area contributed by atoms with Crippen molar-refractivity contribution in [3.05, 3.63) is 0 Å². The van der Waals surface area contributed by atoms with E-state index in [-0.39, 0.29) is 0 Å². The van der Waals surface area contributed by atoms with Crippen LogP contribution in [0.5, 0.6) is 0 Å². The van der Waals surface area contributed by atoms with Crippen molar-refractivity contribution in [3.63, 3.8) is 0 Å². The van der Waals surface area contributed by atoms with Crippen molar-refractivity contribution < 1.29 is 7.84 Å². The summed E-state index contributed by atoms with van der Waals surface area (Å²) in [7, 11) is 0. The Bertz CT molecular complexity index is 53.8. The second-order valence-corrected chi connectivity index (χ2v) is 6.51. The van der Waals surface area contributed by atoms with Crippen LogP contribution in [-0.2, 0) is 3.74 Å². The Morgan fingerprint density at radius 3 is 1.60 bits per heavy atom. The fourth-order valence-corrected chi connectivity index (χ4v) is 0. The maximum atomic E-state index is 9.72. The third-order valence-electron chi connectivity index (χ3n) is 0. The fourth-order valence-electron chi connectivity index (χ4n) is 0. The Morgan fingerprint density at radius 2 is 1.60 bits per heavy atom.